The molecule has 1 aliphatic carbocycles. The second-order valence-electron chi connectivity index (χ2n) is 4.48. The Bertz CT molecular complexity index is 420. The van der Waals surface area contributed by atoms with Crippen LogP contribution in [0.4, 0.5) is 5.82 Å². The molecule has 1 unspecified atom stereocenters. The van der Waals surface area contributed by atoms with Crippen LogP contribution in [0.5, 0.6) is 0 Å². The van der Waals surface area contributed by atoms with Gasteiger partial charge in [-0.1, -0.05) is 19.3 Å². The maximum absolute atomic E-state index is 5.48. The summed E-state index contributed by atoms with van der Waals surface area (Å²) in [6.45, 7) is 2.08. The van der Waals surface area contributed by atoms with Crippen molar-refractivity contribution in [3.63, 3.8) is 0 Å². The van der Waals surface area contributed by atoms with Gasteiger partial charge >= 0.3 is 0 Å². The molecule has 0 spiro atoms. The lowest BCUT2D eigenvalue weighted by molar-refractivity contribution is 0.708. The van der Waals surface area contributed by atoms with Crippen LogP contribution in [-0.4, -0.2) is 16.0 Å². The van der Waals surface area contributed by atoms with Crippen LogP contribution in [0.25, 0.3) is 0 Å². The molecule has 1 N–H and O–H groups in total. The predicted octanol–water partition coefficient (Wildman–Crippen LogP) is 2.57. The Morgan fingerprint density at radius 1 is 1.35 bits per heavy atom. The van der Waals surface area contributed by atoms with Crippen LogP contribution < -0.4 is 5.32 Å². The van der Waals surface area contributed by atoms with E-state index < -0.39 is 0 Å². The third-order valence-corrected chi connectivity index (χ3v) is 3.30. The summed E-state index contributed by atoms with van der Waals surface area (Å²) in [5.41, 5.74) is 2.48. The monoisotopic (exact) mass is 229 g/mol. The molecule has 1 aromatic heterocycles. The van der Waals surface area contributed by atoms with Gasteiger partial charge in [0.05, 0.1) is 6.04 Å². The fourth-order valence-corrected chi connectivity index (χ4v) is 2.25. The summed E-state index contributed by atoms with van der Waals surface area (Å²) in [6.07, 6.45) is 13.9. The highest BCUT2D eigenvalue weighted by Crippen LogP contribution is 2.24. The Kier molecular flexibility index (Phi) is 3.98. The van der Waals surface area contributed by atoms with Crippen LogP contribution in [0.3, 0.4) is 0 Å². The first-order valence-electron chi connectivity index (χ1n) is 6.40. The van der Waals surface area contributed by atoms with Gasteiger partial charge < -0.3 is 5.32 Å². The second kappa shape index (κ2) is 5.67. The second-order valence-corrected chi connectivity index (χ2v) is 4.48. The Hall–Kier alpha value is -1.56. The number of aryl methyl sites for hydroxylation is 1. The predicted molar refractivity (Wildman–Crippen MR) is 69.8 cm³/mol. The summed E-state index contributed by atoms with van der Waals surface area (Å²) in [6, 6.07) is 0.0669. The van der Waals surface area contributed by atoms with Gasteiger partial charge in [-0.15, -0.1) is 6.42 Å². The third-order valence-electron chi connectivity index (χ3n) is 3.30. The maximum atomic E-state index is 5.48. The van der Waals surface area contributed by atoms with Gasteiger partial charge in [-0.05, 0) is 32.1 Å². The van der Waals surface area contributed by atoms with Crippen LogP contribution in [0.2, 0.25) is 0 Å². The molecule has 0 radical (unpaired) electrons. The molecule has 1 heterocycles. The van der Waals surface area contributed by atoms with Crippen molar-refractivity contribution in [1.29, 1.82) is 0 Å². The van der Waals surface area contributed by atoms with E-state index in [1.54, 1.807) is 6.33 Å². The van der Waals surface area contributed by atoms with Gasteiger partial charge in [-0.2, -0.15) is 0 Å². The topological polar surface area (TPSA) is 37.8 Å². The van der Waals surface area contributed by atoms with Crippen LogP contribution >= 0.6 is 0 Å². The standard InChI is InChI=1S/C14H19N3/c1-3-11(4-2)17-14-12-8-6-5-7-9-13(12)15-10-16-14/h1,10-11H,4-9H2,2H3,(H,15,16,17). The molecule has 90 valence electrons. The van der Waals surface area contributed by atoms with Gasteiger partial charge in [0.1, 0.15) is 12.1 Å². The summed E-state index contributed by atoms with van der Waals surface area (Å²) in [7, 11) is 0. The zero-order valence-corrected chi connectivity index (χ0v) is 10.4. The smallest absolute Gasteiger partial charge is 0.133 e. The molecule has 0 saturated heterocycles. The van der Waals surface area contributed by atoms with E-state index in [4.69, 9.17) is 6.42 Å². The number of rotatable bonds is 3. The summed E-state index contributed by atoms with van der Waals surface area (Å²) in [5, 5.41) is 3.35. The molecule has 2 rings (SSSR count). The maximum Gasteiger partial charge on any atom is 0.133 e. The Morgan fingerprint density at radius 3 is 2.94 bits per heavy atom. The molecule has 3 heteroatoms. The molecule has 17 heavy (non-hydrogen) atoms. The Morgan fingerprint density at radius 2 is 2.18 bits per heavy atom. The summed E-state index contributed by atoms with van der Waals surface area (Å²) >= 11 is 0. The van der Waals surface area contributed by atoms with E-state index in [0.29, 0.717) is 0 Å². The van der Waals surface area contributed by atoms with Crippen molar-refractivity contribution in [2.75, 3.05) is 5.32 Å². The van der Waals surface area contributed by atoms with Gasteiger partial charge in [0.25, 0.3) is 0 Å². The first kappa shape index (κ1) is 11.9. The quantitative estimate of drug-likeness (QED) is 0.639. The minimum Gasteiger partial charge on any atom is -0.356 e. The van der Waals surface area contributed by atoms with Gasteiger partial charge in [-0.3, -0.25) is 0 Å². The molecular weight excluding hydrogens is 210 g/mol. The molecule has 0 bridgehead atoms. The summed E-state index contributed by atoms with van der Waals surface area (Å²) in [4.78, 5) is 8.75. The number of anilines is 1. The molecule has 0 aromatic carbocycles. The van der Waals surface area contributed by atoms with E-state index in [1.807, 2.05) is 0 Å². The first-order valence-corrected chi connectivity index (χ1v) is 6.40. The van der Waals surface area contributed by atoms with Crippen molar-refractivity contribution in [2.45, 2.75) is 51.5 Å². The van der Waals surface area contributed by atoms with E-state index in [0.717, 1.165) is 25.1 Å². The van der Waals surface area contributed by atoms with Crippen LogP contribution in [0, 0.1) is 12.3 Å². The van der Waals surface area contributed by atoms with Gasteiger partial charge in [0.2, 0.25) is 0 Å². The van der Waals surface area contributed by atoms with Crippen molar-refractivity contribution in [3.8, 4) is 12.3 Å². The number of hydrogen-bond donors (Lipinski definition) is 1. The van der Waals surface area contributed by atoms with Gasteiger partial charge in [0.15, 0.2) is 0 Å². The molecule has 0 amide bonds. The molecular formula is C14H19N3. The Labute approximate surface area is 103 Å². The zero-order valence-electron chi connectivity index (χ0n) is 10.4. The fraction of sp³-hybridized carbons (Fsp3) is 0.571. The first-order chi connectivity index (χ1) is 8.35. The van der Waals surface area contributed by atoms with Crippen LogP contribution in [0.1, 0.15) is 43.9 Å². The van der Waals surface area contributed by atoms with Crippen LogP contribution in [0.15, 0.2) is 6.33 Å². The lowest BCUT2D eigenvalue weighted by atomic mass is 10.1. The average Bonchev–Trinajstić information content (AvgIpc) is 2.61. The highest BCUT2D eigenvalue weighted by molar-refractivity contribution is 5.48. The van der Waals surface area contributed by atoms with E-state index in [-0.39, 0.29) is 6.04 Å². The van der Waals surface area contributed by atoms with E-state index >= 15 is 0 Å². The number of hydrogen-bond acceptors (Lipinski definition) is 3. The number of nitrogens with one attached hydrogen (secondary N) is 1. The number of aromatic nitrogens is 2. The molecule has 1 aromatic rings. The van der Waals surface area contributed by atoms with Gasteiger partial charge in [-0.25, -0.2) is 9.97 Å². The van der Waals surface area contributed by atoms with Crippen molar-refractivity contribution in [3.05, 3.63) is 17.6 Å². The lowest BCUT2D eigenvalue weighted by Crippen LogP contribution is -2.18. The number of terminal acetylenes is 1. The molecule has 0 aliphatic heterocycles. The zero-order chi connectivity index (χ0) is 12.1. The molecule has 1 atom stereocenters. The largest absolute Gasteiger partial charge is 0.356 e. The molecule has 3 nitrogen and oxygen atoms in total. The van der Waals surface area contributed by atoms with Gasteiger partial charge in [0, 0.05) is 11.3 Å². The van der Waals surface area contributed by atoms with E-state index in [2.05, 4.69) is 28.1 Å². The van der Waals surface area contributed by atoms with Crippen LogP contribution in [-0.2, 0) is 12.8 Å². The summed E-state index contributed by atoms with van der Waals surface area (Å²) in [5.74, 6) is 3.70. The van der Waals surface area contributed by atoms with Crippen molar-refractivity contribution in [2.24, 2.45) is 0 Å². The van der Waals surface area contributed by atoms with Crippen molar-refractivity contribution < 1.29 is 0 Å². The molecule has 0 saturated carbocycles. The number of nitrogens with zero attached hydrogens (tertiary/aromatic N) is 2. The SMILES string of the molecule is C#CC(CC)Nc1ncnc2c1CCCCC2. The Balaban J connectivity index is 2.25. The number of fused-ring (bicyclic) bond motifs is 1. The minimum absolute atomic E-state index is 0.0669. The third kappa shape index (κ3) is 2.76. The average molecular weight is 229 g/mol. The lowest BCUT2D eigenvalue weighted by Gasteiger charge is -2.15. The van der Waals surface area contributed by atoms with Crippen molar-refractivity contribution >= 4 is 5.82 Å². The fourth-order valence-electron chi connectivity index (χ4n) is 2.25. The normalized spacial score (nSPS) is 16.5. The minimum atomic E-state index is 0.0669. The highest BCUT2D eigenvalue weighted by Gasteiger charge is 2.15. The van der Waals surface area contributed by atoms with Crippen molar-refractivity contribution in [1.82, 2.24) is 9.97 Å². The highest BCUT2D eigenvalue weighted by atomic mass is 15.0. The van der Waals surface area contributed by atoms with E-state index in [1.165, 1.54) is 30.5 Å². The molecule has 0 fully saturated rings. The molecule has 1 aliphatic rings. The van der Waals surface area contributed by atoms with E-state index in [9.17, 15) is 0 Å². The summed E-state index contributed by atoms with van der Waals surface area (Å²) < 4.78 is 0.